The maximum absolute atomic E-state index is 6.84. The number of hydrogen-bond acceptors (Lipinski definition) is 5. The predicted octanol–water partition coefficient (Wildman–Crippen LogP) is 1.33. The topological polar surface area (TPSA) is 60.7 Å². The summed E-state index contributed by atoms with van der Waals surface area (Å²) in [7, 11) is 0. The minimum atomic E-state index is 0.536. The molecule has 0 atom stereocenters. The summed E-state index contributed by atoms with van der Waals surface area (Å²) in [6.45, 7) is 5.96. The summed E-state index contributed by atoms with van der Waals surface area (Å²) in [6.07, 6.45) is 4.18. The van der Waals surface area contributed by atoms with E-state index >= 15 is 0 Å². The van der Waals surface area contributed by atoms with E-state index in [9.17, 15) is 0 Å². The second-order valence-corrected chi connectivity index (χ2v) is 4.57. The molecular weight excluding hydrogens is 204 g/mol. The normalized spacial score (nSPS) is 25.2. The smallest absolute Gasteiger partial charge is 0.0748 e. The maximum atomic E-state index is 6.84. The highest BCUT2D eigenvalue weighted by Crippen LogP contribution is 2.17. The fraction of sp³-hybridized carbons (Fsp3) is 0.818. The fourth-order valence-corrected chi connectivity index (χ4v) is 2.14. The Morgan fingerprint density at radius 1 is 1.44 bits per heavy atom. The number of nitrogens with zero attached hydrogens (tertiary/aromatic N) is 2. The summed E-state index contributed by atoms with van der Waals surface area (Å²) in [5.41, 5.74) is 7.57. The zero-order valence-electron chi connectivity index (χ0n) is 9.78. The van der Waals surface area contributed by atoms with Gasteiger partial charge in [-0.1, -0.05) is 0 Å². The summed E-state index contributed by atoms with van der Waals surface area (Å²) < 4.78 is 5.21. The van der Waals surface area contributed by atoms with Gasteiger partial charge < -0.3 is 10.1 Å². The van der Waals surface area contributed by atoms with Gasteiger partial charge in [0, 0.05) is 25.3 Å². The van der Waals surface area contributed by atoms with Crippen molar-refractivity contribution in [3.8, 4) is 0 Å². The van der Waals surface area contributed by atoms with Crippen LogP contribution in [0.25, 0.3) is 0 Å². The Morgan fingerprint density at radius 2 is 2.12 bits per heavy atom. The molecular formula is C11H20N4O. The molecule has 0 radical (unpaired) electrons. The van der Waals surface area contributed by atoms with Crippen molar-refractivity contribution in [3.05, 3.63) is 11.9 Å². The number of piperidine rings is 1. The standard InChI is InChI=1S/C11H20N4O/c1-9(14-12)6-13-10-2-4-15(5-3-10)11-7-16-8-11/h6,10-13H,2-5,7-8H2,1H3. The van der Waals surface area contributed by atoms with Gasteiger partial charge >= 0.3 is 0 Å². The van der Waals surface area contributed by atoms with Crippen LogP contribution in [-0.2, 0) is 4.74 Å². The second kappa shape index (κ2) is 5.41. The number of nitrogens with one attached hydrogen (secondary N) is 2. The van der Waals surface area contributed by atoms with Crippen LogP contribution in [-0.4, -0.2) is 43.3 Å². The Morgan fingerprint density at radius 3 is 2.62 bits per heavy atom. The molecule has 2 saturated heterocycles. The highest BCUT2D eigenvalue weighted by molar-refractivity contribution is 4.95. The van der Waals surface area contributed by atoms with Crippen LogP contribution in [0.1, 0.15) is 19.8 Å². The van der Waals surface area contributed by atoms with E-state index in [1.165, 1.54) is 0 Å². The summed E-state index contributed by atoms with van der Waals surface area (Å²) >= 11 is 0. The Kier molecular flexibility index (Phi) is 3.90. The van der Waals surface area contributed by atoms with Crippen LogP contribution in [0.3, 0.4) is 0 Å². The Labute approximate surface area is 96.3 Å². The van der Waals surface area contributed by atoms with Crippen LogP contribution in [0.2, 0.25) is 0 Å². The molecule has 90 valence electrons. The van der Waals surface area contributed by atoms with E-state index in [0.29, 0.717) is 12.1 Å². The third kappa shape index (κ3) is 2.80. The molecule has 0 saturated carbocycles. The van der Waals surface area contributed by atoms with E-state index < -0.39 is 0 Å². The van der Waals surface area contributed by atoms with Crippen LogP contribution in [0.4, 0.5) is 0 Å². The van der Waals surface area contributed by atoms with Crippen LogP contribution in [0.5, 0.6) is 0 Å². The summed E-state index contributed by atoms with van der Waals surface area (Å²) in [5.74, 6) is 0. The molecule has 0 unspecified atom stereocenters. The van der Waals surface area contributed by atoms with Crippen LogP contribution in [0, 0.1) is 5.53 Å². The Hall–Kier alpha value is -0.940. The number of hydrogen-bond donors (Lipinski definition) is 2. The van der Waals surface area contributed by atoms with Gasteiger partial charge in [0.2, 0.25) is 0 Å². The first kappa shape index (κ1) is 11.5. The lowest BCUT2D eigenvalue weighted by Gasteiger charge is -2.41. The first-order valence-corrected chi connectivity index (χ1v) is 5.91. The molecule has 5 nitrogen and oxygen atoms in total. The molecule has 0 bridgehead atoms. The third-order valence-electron chi connectivity index (χ3n) is 3.37. The van der Waals surface area contributed by atoms with Crippen molar-refractivity contribution in [2.75, 3.05) is 26.3 Å². The van der Waals surface area contributed by atoms with Gasteiger partial charge in [-0.2, -0.15) is 5.11 Å². The molecule has 0 amide bonds. The molecule has 2 fully saturated rings. The number of rotatable bonds is 4. The van der Waals surface area contributed by atoms with Gasteiger partial charge in [0.25, 0.3) is 0 Å². The van der Waals surface area contributed by atoms with Crippen LogP contribution < -0.4 is 5.32 Å². The minimum Gasteiger partial charge on any atom is -0.387 e. The zero-order chi connectivity index (χ0) is 11.4. The first-order valence-electron chi connectivity index (χ1n) is 5.91. The van der Waals surface area contributed by atoms with Crippen molar-refractivity contribution in [1.82, 2.24) is 10.2 Å². The minimum absolute atomic E-state index is 0.536. The second-order valence-electron chi connectivity index (χ2n) is 4.57. The quantitative estimate of drug-likeness (QED) is 0.708. The molecule has 2 aliphatic rings. The summed E-state index contributed by atoms with van der Waals surface area (Å²) in [5, 5.41) is 6.69. The van der Waals surface area contributed by atoms with Crippen molar-refractivity contribution >= 4 is 0 Å². The zero-order valence-corrected chi connectivity index (χ0v) is 9.78. The predicted molar refractivity (Wildman–Crippen MR) is 61.2 cm³/mol. The molecule has 0 aliphatic carbocycles. The Balaban J connectivity index is 1.70. The van der Waals surface area contributed by atoms with E-state index in [2.05, 4.69) is 15.3 Å². The highest BCUT2D eigenvalue weighted by atomic mass is 16.5. The lowest BCUT2D eigenvalue weighted by Crippen LogP contribution is -2.53. The molecule has 0 spiro atoms. The van der Waals surface area contributed by atoms with Crippen molar-refractivity contribution in [2.45, 2.75) is 31.8 Å². The molecule has 16 heavy (non-hydrogen) atoms. The molecule has 2 heterocycles. The van der Waals surface area contributed by atoms with Gasteiger partial charge in [0.05, 0.1) is 25.0 Å². The molecule has 2 N–H and O–H groups in total. The van der Waals surface area contributed by atoms with Crippen molar-refractivity contribution < 1.29 is 4.74 Å². The third-order valence-corrected chi connectivity index (χ3v) is 3.37. The molecule has 0 aromatic heterocycles. The van der Waals surface area contributed by atoms with Crippen LogP contribution in [0.15, 0.2) is 17.0 Å². The number of ether oxygens (including phenoxy) is 1. The highest BCUT2D eigenvalue weighted by Gasteiger charge is 2.29. The largest absolute Gasteiger partial charge is 0.387 e. The first-order chi connectivity index (χ1) is 7.79. The van der Waals surface area contributed by atoms with E-state index in [1.54, 1.807) is 0 Å². The van der Waals surface area contributed by atoms with Crippen molar-refractivity contribution in [1.29, 1.82) is 5.53 Å². The maximum Gasteiger partial charge on any atom is 0.0748 e. The van der Waals surface area contributed by atoms with Gasteiger partial charge in [0.1, 0.15) is 0 Å². The van der Waals surface area contributed by atoms with E-state index in [0.717, 1.165) is 44.8 Å². The van der Waals surface area contributed by atoms with Gasteiger partial charge in [-0.15, -0.1) is 0 Å². The summed E-state index contributed by atoms with van der Waals surface area (Å²) in [6, 6.07) is 1.20. The molecule has 0 aromatic rings. The summed E-state index contributed by atoms with van der Waals surface area (Å²) in [4.78, 5) is 2.52. The van der Waals surface area contributed by atoms with Gasteiger partial charge in [0.15, 0.2) is 0 Å². The number of likely N-dealkylation sites (tertiary alicyclic amines) is 1. The molecule has 2 aliphatic heterocycles. The fourth-order valence-electron chi connectivity index (χ4n) is 2.14. The Bertz CT molecular complexity index is 267. The molecule has 0 aromatic carbocycles. The average molecular weight is 224 g/mol. The SMILES string of the molecule is CC(=CNC1CCN(C2COC2)CC1)N=N. The van der Waals surface area contributed by atoms with E-state index in [-0.39, 0.29) is 0 Å². The van der Waals surface area contributed by atoms with Gasteiger partial charge in [-0.3, -0.25) is 4.90 Å². The van der Waals surface area contributed by atoms with Crippen LogP contribution >= 0.6 is 0 Å². The number of allylic oxidation sites excluding steroid dienone is 1. The van der Waals surface area contributed by atoms with E-state index in [1.807, 2.05) is 13.1 Å². The van der Waals surface area contributed by atoms with Crippen molar-refractivity contribution in [3.63, 3.8) is 0 Å². The monoisotopic (exact) mass is 224 g/mol. The van der Waals surface area contributed by atoms with Gasteiger partial charge in [-0.05, 0) is 19.8 Å². The van der Waals surface area contributed by atoms with Gasteiger partial charge in [-0.25, -0.2) is 5.53 Å². The van der Waals surface area contributed by atoms with Crippen molar-refractivity contribution in [2.24, 2.45) is 5.11 Å². The molecule has 2 rings (SSSR count). The lowest BCUT2D eigenvalue weighted by molar-refractivity contribution is -0.0716. The molecule has 5 heteroatoms. The average Bonchev–Trinajstić information content (AvgIpc) is 2.25. The van der Waals surface area contributed by atoms with E-state index in [4.69, 9.17) is 10.3 Å². The lowest BCUT2D eigenvalue weighted by atomic mass is 10.0.